The molecule has 1 aliphatic rings. The van der Waals surface area contributed by atoms with Crippen LogP contribution in [-0.4, -0.2) is 36.3 Å². The van der Waals surface area contributed by atoms with Crippen LogP contribution in [0.15, 0.2) is 24.3 Å². The van der Waals surface area contributed by atoms with Crippen LogP contribution in [0.4, 0.5) is 23.1 Å². The number of aromatic nitrogens is 2. The van der Waals surface area contributed by atoms with Gasteiger partial charge in [-0.05, 0) is 43.9 Å². The fourth-order valence-corrected chi connectivity index (χ4v) is 3.42. The number of anilines is 4. The second kappa shape index (κ2) is 8.36. The van der Waals surface area contributed by atoms with Crippen molar-refractivity contribution in [3.8, 4) is 0 Å². The lowest BCUT2D eigenvalue weighted by atomic mass is 10.2. The molecule has 6 nitrogen and oxygen atoms in total. The van der Waals surface area contributed by atoms with Crippen LogP contribution < -0.4 is 16.0 Å². The summed E-state index contributed by atoms with van der Waals surface area (Å²) in [7, 11) is 1.76. The topological polar surface area (TPSA) is 76.3 Å². The summed E-state index contributed by atoms with van der Waals surface area (Å²) in [5, 5.41) is 3.32. The largest absolute Gasteiger partial charge is 0.398 e. The van der Waals surface area contributed by atoms with Gasteiger partial charge in [-0.3, -0.25) is 0 Å². The second-order valence-electron chi connectivity index (χ2n) is 6.93. The molecule has 1 fully saturated rings. The SMILES string of the molecule is CCCc1cc(N2CCCC2COC)nc(Nc2ccc(C)c(N)c2)n1. The van der Waals surface area contributed by atoms with Gasteiger partial charge in [0.1, 0.15) is 5.82 Å². The van der Waals surface area contributed by atoms with Crippen LogP contribution in [0.3, 0.4) is 0 Å². The molecule has 0 radical (unpaired) electrons. The molecule has 1 aromatic heterocycles. The zero-order valence-corrected chi connectivity index (χ0v) is 16.0. The highest BCUT2D eigenvalue weighted by atomic mass is 16.5. The molecule has 3 rings (SSSR count). The minimum absolute atomic E-state index is 0.382. The Hall–Kier alpha value is -2.34. The predicted molar refractivity (Wildman–Crippen MR) is 107 cm³/mol. The van der Waals surface area contributed by atoms with Crippen molar-refractivity contribution < 1.29 is 4.74 Å². The molecule has 1 aliphatic heterocycles. The van der Waals surface area contributed by atoms with Crippen molar-refractivity contribution in [2.75, 3.05) is 36.2 Å². The van der Waals surface area contributed by atoms with Crippen molar-refractivity contribution in [1.29, 1.82) is 0 Å². The van der Waals surface area contributed by atoms with Crippen LogP contribution in [-0.2, 0) is 11.2 Å². The van der Waals surface area contributed by atoms with Gasteiger partial charge in [0, 0.05) is 36.8 Å². The van der Waals surface area contributed by atoms with Crippen molar-refractivity contribution in [1.82, 2.24) is 9.97 Å². The van der Waals surface area contributed by atoms with E-state index in [2.05, 4.69) is 23.2 Å². The summed E-state index contributed by atoms with van der Waals surface area (Å²) in [5.74, 6) is 1.60. The van der Waals surface area contributed by atoms with Crippen LogP contribution in [0.25, 0.3) is 0 Å². The van der Waals surface area contributed by atoms with Gasteiger partial charge in [-0.25, -0.2) is 4.98 Å². The van der Waals surface area contributed by atoms with Crippen molar-refractivity contribution >= 4 is 23.1 Å². The Morgan fingerprint density at radius 3 is 2.88 bits per heavy atom. The lowest BCUT2D eigenvalue weighted by molar-refractivity contribution is 0.180. The van der Waals surface area contributed by atoms with Crippen LogP contribution in [0.5, 0.6) is 0 Å². The summed E-state index contributed by atoms with van der Waals surface area (Å²) < 4.78 is 5.39. The van der Waals surface area contributed by atoms with Crippen LogP contribution in [0.2, 0.25) is 0 Å². The highest BCUT2D eigenvalue weighted by molar-refractivity contribution is 5.63. The molecule has 3 N–H and O–H groups in total. The standard InChI is InChI=1S/C20H29N5O/c1-4-6-15-12-19(25-10-5-7-17(25)13-26-3)24-20(22-15)23-16-9-8-14(2)18(21)11-16/h8-9,11-12,17H,4-7,10,13,21H2,1-3H3,(H,22,23,24). The minimum atomic E-state index is 0.382. The Kier molecular flexibility index (Phi) is 5.93. The van der Waals surface area contributed by atoms with E-state index in [1.54, 1.807) is 7.11 Å². The molecule has 2 aromatic rings. The number of aryl methyl sites for hydroxylation is 2. The minimum Gasteiger partial charge on any atom is -0.398 e. The van der Waals surface area contributed by atoms with Gasteiger partial charge in [0.15, 0.2) is 0 Å². The third-order valence-corrected chi connectivity index (χ3v) is 4.84. The van der Waals surface area contributed by atoms with Crippen LogP contribution in [0, 0.1) is 6.92 Å². The first-order chi connectivity index (χ1) is 12.6. The zero-order valence-electron chi connectivity index (χ0n) is 16.0. The first-order valence-electron chi connectivity index (χ1n) is 9.37. The average molecular weight is 355 g/mol. The monoisotopic (exact) mass is 355 g/mol. The number of nitrogens with zero attached hydrogens (tertiary/aromatic N) is 3. The number of ether oxygens (including phenoxy) is 1. The lowest BCUT2D eigenvalue weighted by Crippen LogP contribution is -2.33. The van der Waals surface area contributed by atoms with Gasteiger partial charge in [0.25, 0.3) is 0 Å². The van der Waals surface area contributed by atoms with E-state index in [1.165, 1.54) is 6.42 Å². The Balaban J connectivity index is 1.89. The van der Waals surface area contributed by atoms with Gasteiger partial charge < -0.3 is 20.7 Å². The summed E-state index contributed by atoms with van der Waals surface area (Å²) >= 11 is 0. The maximum atomic E-state index is 6.03. The molecule has 0 saturated carbocycles. The summed E-state index contributed by atoms with van der Waals surface area (Å²) in [6.45, 7) is 5.90. The van der Waals surface area contributed by atoms with Crippen LogP contribution >= 0.6 is 0 Å². The van der Waals surface area contributed by atoms with Crippen molar-refractivity contribution in [3.05, 3.63) is 35.5 Å². The molecular weight excluding hydrogens is 326 g/mol. The predicted octanol–water partition coefficient (Wildman–Crippen LogP) is 3.68. The van der Waals surface area contributed by atoms with Crippen LogP contribution in [0.1, 0.15) is 37.4 Å². The lowest BCUT2D eigenvalue weighted by Gasteiger charge is -2.26. The summed E-state index contributed by atoms with van der Waals surface area (Å²) in [5.41, 5.74) is 9.82. The molecule has 0 bridgehead atoms. The summed E-state index contributed by atoms with van der Waals surface area (Å²) in [4.78, 5) is 11.8. The van der Waals surface area contributed by atoms with Gasteiger partial charge >= 0.3 is 0 Å². The molecule has 0 spiro atoms. The Morgan fingerprint density at radius 1 is 1.31 bits per heavy atom. The normalized spacial score (nSPS) is 16.9. The summed E-state index contributed by atoms with van der Waals surface area (Å²) in [6, 6.07) is 8.43. The Labute approximate surface area is 155 Å². The second-order valence-corrected chi connectivity index (χ2v) is 6.93. The molecule has 1 unspecified atom stereocenters. The third-order valence-electron chi connectivity index (χ3n) is 4.84. The van der Waals surface area contributed by atoms with Gasteiger partial charge in [0.2, 0.25) is 5.95 Å². The maximum Gasteiger partial charge on any atom is 0.229 e. The smallest absolute Gasteiger partial charge is 0.229 e. The molecule has 2 heterocycles. The fourth-order valence-electron chi connectivity index (χ4n) is 3.42. The van der Waals surface area contributed by atoms with E-state index in [9.17, 15) is 0 Å². The molecule has 1 saturated heterocycles. The van der Waals surface area contributed by atoms with Crippen molar-refractivity contribution in [3.63, 3.8) is 0 Å². The molecule has 6 heteroatoms. The van der Waals surface area contributed by atoms with Gasteiger partial charge in [0.05, 0.1) is 12.6 Å². The number of hydrogen-bond donors (Lipinski definition) is 2. The molecule has 0 aliphatic carbocycles. The first kappa shape index (κ1) is 18.5. The van der Waals surface area contributed by atoms with Crippen molar-refractivity contribution in [2.24, 2.45) is 0 Å². The zero-order chi connectivity index (χ0) is 18.5. The molecule has 1 atom stereocenters. The quantitative estimate of drug-likeness (QED) is 0.738. The van der Waals surface area contributed by atoms with Crippen molar-refractivity contribution in [2.45, 2.75) is 45.6 Å². The van der Waals surface area contributed by atoms with E-state index < -0.39 is 0 Å². The number of nitrogens with two attached hydrogens (primary N) is 1. The van der Waals surface area contributed by atoms with E-state index in [4.69, 9.17) is 20.4 Å². The number of benzene rings is 1. The molecule has 140 valence electrons. The highest BCUT2D eigenvalue weighted by Crippen LogP contribution is 2.27. The number of nitrogen functional groups attached to an aromatic ring is 1. The number of methoxy groups -OCH3 is 1. The van der Waals surface area contributed by atoms with E-state index in [-0.39, 0.29) is 0 Å². The molecule has 1 aromatic carbocycles. The van der Waals surface area contributed by atoms with Gasteiger partial charge in [-0.1, -0.05) is 19.4 Å². The average Bonchev–Trinajstić information content (AvgIpc) is 3.07. The van der Waals surface area contributed by atoms with E-state index in [1.807, 2.05) is 25.1 Å². The van der Waals surface area contributed by atoms with E-state index in [0.717, 1.165) is 60.9 Å². The van der Waals surface area contributed by atoms with Gasteiger partial charge in [-0.2, -0.15) is 4.98 Å². The van der Waals surface area contributed by atoms with E-state index >= 15 is 0 Å². The third kappa shape index (κ3) is 4.25. The fraction of sp³-hybridized carbons (Fsp3) is 0.500. The molecule has 0 amide bonds. The Morgan fingerprint density at radius 2 is 2.15 bits per heavy atom. The molecule has 26 heavy (non-hydrogen) atoms. The van der Waals surface area contributed by atoms with E-state index in [0.29, 0.717) is 12.0 Å². The molecular formula is C20H29N5O. The summed E-state index contributed by atoms with van der Waals surface area (Å²) in [6.07, 6.45) is 4.29. The van der Waals surface area contributed by atoms with Gasteiger partial charge in [-0.15, -0.1) is 0 Å². The highest BCUT2D eigenvalue weighted by Gasteiger charge is 2.26. The first-order valence-corrected chi connectivity index (χ1v) is 9.37. The maximum absolute atomic E-state index is 6.03. The number of nitrogens with one attached hydrogen (secondary N) is 1. The Bertz CT molecular complexity index is 749. The number of hydrogen-bond acceptors (Lipinski definition) is 6. The number of rotatable bonds is 7.